The van der Waals surface area contributed by atoms with Crippen LogP contribution in [-0.4, -0.2) is 53.1 Å². The molecule has 0 aliphatic carbocycles. The Kier molecular flexibility index (Phi) is 7.86. The lowest BCUT2D eigenvalue weighted by atomic mass is 10.1. The number of nitrogens with one attached hydrogen (secondary N) is 2. The van der Waals surface area contributed by atoms with Gasteiger partial charge >= 0.3 is 0 Å². The maximum Gasteiger partial charge on any atom is 0.191 e. The van der Waals surface area contributed by atoms with Crippen molar-refractivity contribution in [2.45, 2.75) is 45.8 Å². The van der Waals surface area contributed by atoms with Gasteiger partial charge in [0.2, 0.25) is 0 Å². The molecular weight excluding hydrogens is 368 g/mol. The highest BCUT2D eigenvalue weighted by molar-refractivity contribution is 5.79. The van der Waals surface area contributed by atoms with Gasteiger partial charge in [-0.25, -0.2) is 4.99 Å². The third-order valence-electron chi connectivity index (χ3n) is 5.00. The van der Waals surface area contributed by atoms with Crippen molar-refractivity contribution in [3.63, 3.8) is 0 Å². The molecule has 8 heteroatoms. The summed E-state index contributed by atoms with van der Waals surface area (Å²) in [6, 6.07) is 8.22. The number of aryl methyl sites for hydroxylation is 1. The number of nitrogens with zero attached hydrogens (tertiary/aromatic N) is 4. The normalized spacial score (nSPS) is 16.8. The van der Waals surface area contributed by atoms with E-state index < -0.39 is 0 Å². The minimum atomic E-state index is 0.252. The Balaban J connectivity index is 1.57. The summed E-state index contributed by atoms with van der Waals surface area (Å²) in [5, 5.41) is 15.1. The zero-order valence-corrected chi connectivity index (χ0v) is 17.6. The monoisotopic (exact) mass is 400 g/mol. The third-order valence-corrected chi connectivity index (χ3v) is 5.00. The minimum Gasteiger partial charge on any atom is -0.494 e. The third kappa shape index (κ3) is 6.45. The van der Waals surface area contributed by atoms with Crippen LogP contribution in [0.3, 0.4) is 0 Å². The second-order valence-electron chi connectivity index (χ2n) is 7.16. The van der Waals surface area contributed by atoms with E-state index in [2.05, 4.69) is 33.0 Å². The summed E-state index contributed by atoms with van der Waals surface area (Å²) in [7, 11) is 1.96. The van der Waals surface area contributed by atoms with Gasteiger partial charge in [-0.05, 0) is 50.8 Å². The second-order valence-corrected chi connectivity index (χ2v) is 7.16. The van der Waals surface area contributed by atoms with E-state index in [0.29, 0.717) is 13.2 Å². The molecule has 8 nitrogen and oxygen atoms in total. The molecule has 3 rings (SSSR count). The molecule has 0 bridgehead atoms. The zero-order valence-electron chi connectivity index (χ0n) is 17.6. The SMILES string of the molecule is CCOc1cccc(CCNC(=NCc2nnc(C)n2C)NCC2CCCO2)c1. The van der Waals surface area contributed by atoms with E-state index in [-0.39, 0.29) is 6.10 Å². The van der Waals surface area contributed by atoms with Crippen molar-refractivity contribution in [1.29, 1.82) is 0 Å². The molecule has 0 radical (unpaired) electrons. The molecule has 29 heavy (non-hydrogen) atoms. The van der Waals surface area contributed by atoms with E-state index in [1.54, 1.807) is 0 Å². The molecule has 2 heterocycles. The number of benzene rings is 1. The predicted molar refractivity (Wildman–Crippen MR) is 113 cm³/mol. The van der Waals surface area contributed by atoms with Gasteiger partial charge in [0.25, 0.3) is 0 Å². The zero-order chi connectivity index (χ0) is 20.5. The van der Waals surface area contributed by atoms with E-state index in [0.717, 1.165) is 62.3 Å². The summed E-state index contributed by atoms with van der Waals surface area (Å²) < 4.78 is 13.3. The van der Waals surface area contributed by atoms with Gasteiger partial charge in [0.15, 0.2) is 11.8 Å². The molecule has 0 amide bonds. The summed E-state index contributed by atoms with van der Waals surface area (Å²) in [6.45, 7) is 7.45. The predicted octanol–water partition coefficient (Wildman–Crippen LogP) is 1.98. The first-order chi connectivity index (χ1) is 14.2. The van der Waals surface area contributed by atoms with Gasteiger partial charge < -0.3 is 24.7 Å². The number of guanidine groups is 1. The van der Waals surface area contributed by atoms with Crippen LogP contribution in [-0.2, 0) is 24.8 Å². The lowest BCUT2D eigenvalue weighted by Crippen LogP contribution is -2.42. The summed E-state index contributed by atoms with van der Waals surface area (Å²) >= 11 is 0. The van der Waals surface area contributed by atoms with Gasteiger partial charge in [0, 0.05) is 26.7 Å². The molecule has 1 atom stereocenters. The van der Waals surface area contributed by atoms with Crippen LogP contribution in [0.25, 0.3) is 0 Å². The molecule has 1 fully saturated rings. The lowest BCUT2D eigenvalue weighted by Gasteiger charge is -2.16. The van der Waals surface area contributed by atoms with E-state index in [1.165, 1.54) is 5.56 Å². The largest absolute Gasteiger partial charge is 0.494 e. The maximum atomic E-state index is 5.71. The van der Waals surface area contributed by atoms with Crippen LogP contribution in [0.4, 0.5) is 0 Å². The molecule has 1 saturated heterocycles. The molecule has 1 unspecified atom stereocenters. The number of ether oxygens (including phenoxy) is 2. The lowest BCUT2D eigenvalue weighted by molar-refractivity contribution is 0.114. The van der Waals surface area contributed by atoms with Gasteiger partial charge in [-0.2, -0.15) is 0 Å². The number of aromatic nitrogens is 3. The molecule has 1 aromatic carbocycles. The van der Waals surface area contributed by atoms with Gasteiger partial charge in [0.05, 0.1) is 12.7 Å². The fraction of sp³-hybridized carbons (Fsp3) is 0.571. The molecular formula is C21H32N6O2. The van der Waals surface area contributed by atoms with Crippen molar-refractivity contribution in [2.75, 3.05) is 26.3 Å². The molecule has 1 aliphatic rings. The molecule has 0 spiro atoms. The van der Waals surface area contributed by atoms with E-state index in [4.69, 9.17) is 14.5 Å². The minimum absolute atomic E-state index is 0.252. The molecule has 0 saturated carbocycles. The van der Waals surface area contributed by atoms with Crippen LogP contribution in [0.2, 0.25) is 0 Å². The second kappa shape index (κ2) is 10.8. The number of aliphatic imine (C=N–C) groups is 1. The van der Waals surface area contributed by atoms with Crippen molar-refractivity contribution in [2.24, 2.45) is 12.0 Å². The van der Waals surface area contributed by atoms with E-state index >= 15 is 0 Å². The number of hydrogen-bond donors (Lipinski definition) is 2. The Bertz CT molecular complexity index is 798. The highest BCUT2D eigenvalue weighted by atomic mass is 16.5. The summed E-state index contributed by atoms with van der Waals surface area (Å²) in [6.07, 6.45) is 3.35. The topological polar surface area (TPSA) is 85.6 Å². The standard InChI is InChI=1S/C21H32N6O2/c1-4-28-18-8-5-7-17(13-18)10-11-22-21(23-14-19-9-6-12-29-19)24-15-20-26-25-16(2)27(20)3/h5,7-8,13,19H,4,6,9-12,14-15H2,1-3H3,(H2,22,23,24). The first-order valence-corrected chi connectivity index (χ1v) is 10.4. The summed E-state index contributed by atoms with van der Waals surface area (Å²) in [5.41, 5.74) is 1.23. The van der Waals surface area contributed by atoms with Crippen LogP contribution >= 0.6 is 0 Å². The van der Waals surface area contributed by atoms with Crippen molar-refractivity contribution in [3.8, 4) is 5.75 Å². The smallest absolute Gasteiger partial charge is 0.191 e. The highest BCUT2D eigenvalue weighted by Crippen LogP contribution is 2.13. The maximum absolute atomic E-state index is 5.71. The van der Waals surface area contributed by atoms with Crippen molar-refractivity contribution in [1.82, 2.24) is 25.4 Å². The quantitative estimate of drug-likeness (QED) is 0.495. The van der Waals surface area contributed by atoms with Crippen LogP contribution in [0.15, 0.2) is 29.3 Å². The van der Waals surface area contributed by atoms with Crippen molar-refractivity contribution in [3.05, 3.63) is 41.5 Å². The van der Waals surface area contributed by atoms with Gasteiger partial charge in [-0.15, -0.1) is 10.2 Å². The first kappa shape index (κ1) is 21.1. The Morgan fingerprint density at radius 2 is 2.24 bits per heavy atom. The summed E-state index contributed by atoms with van der Waals surface area (Å²) in [5.74, 6) is 3.39. The van der Waals surface area contributed by atoms with Gasteiger partial charge in [-0.3, -0.25) is 0 Å². The average molecular weight is 401 g/mol. The van der Waals surface area contributed by atoms with Crippen molar-refractivity contribution >= 4 is 5.96 Å². The Morgan fingerprint density at radius 1 is 1.34 bits per heavy atom. The van der Waals surface area contributed by atoms with E-state index in [9.17, 15) is 0 Å². The van der Waals surface area contributed by atoms with Crippen molar-refractivity contribution < 1.29 is 9.47 Å². The molecule has 2 aromatic rings. The number of hydrogen-bond acceptors (Lipinski definition) is 5. The Hall–Kier alpha value is -2.61. The highest BCUT2D eigenvalue weighted by Gasteiger charge is 2.15. The molecule has 158 valence electrons. The van der Waals surface area contributed by atoms with Crippen LogP contribution in [0, 0.1) is 6.92 Å². The average Bonchev–Trinajstić information content (AvgIpc) is 3.35. The van der Waals surface area contributed by atoms with Crippen LogP contribution in [0.1, 0.15) is 37.0 Å². The van der Waals surface area contributed by atoms with Crippen LogP contribution in [0.5, 0.6) is 5.75 Å². The van der Waals surface area contributed by atoms with Gasteiger partial charge in [-0.1, -0.05) is 12.1 Å². The summed E-state index contributed by atoms with van der Waals surface area (Å²) in [4.78, 5) is 4.70. The van der Waals surface area contributed by atoms with Gasteiger partial charge in [0.1, 0.15) is 18.1 Å². The molecule has 1 aliphatic heterocycles. The number of rotatable bonds is 9. The fourth-order valence-corrected chi connectivity index (χ4v) is 3.21. The first-order valence-electron chi connectivity index (χ1n) is 10.4. The van der Waals surface area contributed by atoms with Crippen LogP contribution < -0.4 is 15.4 Å². The Labute approximate surface area is 172 Å². The molecule has 2 N–H and O–H groups in total. The molecule has 1 aromatic heterocycles. The Morgan fingerprint density at radius 3 is 2.97 bits per heavy atom. The fourth-order valence-electron chi connectivity index (χ4n) is 3.21. The van der Waals surface area contributed by atoms with E-state index in [1.807, 2.05) is 37.6 Å².